The maximum atomic E-state index is 15.1. The summed E-state index contributed by atoms with van der Waals surface area (Å²) in [5.74, 6) is -0.268. The van der Waals surface area contributed by atoms with E-state index >= 15 is 4.39 Å². The van der Waals surface area contributed by atoms with Crippen molar-refractivity contribution in [3.8, 4) is 5.88 Å². The lowest BCUT2D eigenvalue weighted by molar-refractivity contribution is 0.0483. The van der Waals surface area contributed by atoms with Crippen molar-refractivity contribution in [2.75, 3.05) is 13.7 Å². The first-order valence-electron chi connectivity index (χ1n) is 10.3. The third-order valence-corrected chi connectivity index (χ3v) is 9.84. The predicted molar refractivity (Wildman–Crippen MR) is 121 cm³/mol. The molecule has 0 saturated carbocycles. The number of aromatic nitrogens is 2. The van der Waals surface area contributed by atoms with Gasteiger partial charge in [-0.15, -0.1) is 0 Å². The third kappa shape index (κ3) is 6.36. The fourth-order valence-electron chi connectivity index (χ4n) is 2.64. The average Bonchev–Trinajstić information content (AvgIpc) is 2.62. The largest absolute Gasteiger partial charge is 0.480 e. The molecule has 0 fully saturated rings. The standard InChI is InChI=1S/C22H34FN3O4Si/c1-21(2,3)30-20(27)25-16(13-29-31(8,9)22(4,5)6)18-14(23)10-11-15-19(18)26-17(28-7)12-24-15/h10-12,16H,13H2,1-9H3,(H,25,27)/t16-/m1/s1. The Morgan fingerprint density at radius 2 is 1.84 bits per heavy atom. The maximum Gasteiger partial charge on any atom is 0.408 e. The van der Waals surface area contributed by atoms with Crippen molar-refractivity contribution in [2.24, 2.45) is 0 Å². The van der Waals surface area contributed by atoms with Gasteiger partial charge in [0.05, 0.1) is 31.5 Å². The summed E-state index contributed by atoms with van der Waals surface area (Å²) in [5.41, 5.74) is 0.281. The molecule has 1 amide bonds. The van der Waals surface area contributed by atoms with Gasteiger partial charge in [0.25, 0.3) is 0 Å². The smallest absolute Gasteiger partial charge is 0.408 e. The first kappa shape index (κ1) is 25.0. The maximum absolute atomic E-state index is 15.1. The highest BCUT2D eigenvalue weighted by Crippen LogP contribution is 2.37. The van der Waals surface area contributed by atoms with Gasteiger partial charge in [0.1, 0.15) is 16.9 Å². The highest BCUT2D eigenvalue weighted by molar-refractivity contribution is 6.74. The molecular formula is C22H34FN3O4Si. The Kier molecular flexibility index (Phi) is 7.32. The quantitative estimate of drug-likeness (QED) is 0.595. The van der Waals surface area contributed by atoms with Crippen LogP contribution < -0.4 is 10.1 Å². The van der Waals surface area contributed by atoms with Crippen molar-refractivity contribution < 1.29 is 23.1 Å². The number of carbonyl (C=O) groups excluding carboxylic acids is 1. The molecule has 1 aromatic carbocycles. The number of nitrogens with one attached hydrogen (secondary N) is 1. The van der Waals surface area contributed by atoms with Gasteiger partial charge in [-0.05, 0) is 51.0 Å². The summed E-state index contributed by atoms with van der Waals surface area (Å²) in [6, 6.07) is 2.03. The summed E-state index contributed by atoms with van der Waals surface area (Å²) in [4.78, 5) is 21.3. The third-order valence-electron chi connectivity index (χ3n) is 5.34. The normalized spacial score (nSPS) is 13.7. The molecule has 0 bridgehead atoms. The van der Waals surface area contributed by atoms with Crippen LogP contribution in [-0.2, 0) is 9.16 Å². The van der Waals surface area contributed by atoms with E-state index in [-0.39, 0.29) is 23.1 Å². The van der Waals surface area contributed by atoms with E-state index in [0.717, 1.165) is 0 Å². The van der Waals surface area contributed by atoms with E-state index in [1.807, 2.05) is 0 Å². The second-order valence-electron chi connectivity index (χ2n) is 10.0. The summed E-state index contributed by atoms with van der Waals surface area (Å²) >= 11 is 0. The molecule has 7 nitrogen and oxygen atoms in total. The SMILES string of the molecule is COc1cnc2ccc(F)c([C@@H](CO[Si](C)(C)C(C)(C)C)NC(=O)OC(C)(C)C)c2n1. The van der Waals surface area contributed by atoms with E-state index < -0.39 is 31.9 Å². The van der Waals surface area contributed by atoms with E-state index in [9.17, 15) is 4.79 Å². The number of amides is 1. The van der Waals surface area contributed by atoms with Gasteiger partial charge in [-0.1, -0.05) is 20.8 Å². The van der Waals surface area contributed by atoms with Crippen LogP contribution in [0, 0.1) is 5.82 Å². The molecule has 9 heteroatoms. The number of halogens is 1. The molecule has 0 unspecified atom stereocenters. The topological polar surface area (TPSA) is 82.6 Å². The minimum atomic E-state index is -2.18. The number of carbonyl (C=O) groups is 1. The average molecular weight is 452 g/mol. The van der Waals surface area contributed by atoms with E-state index in [1.165, 1.54) is 19.4 Å². The zero-order valence-electron chi connectivity index (χ0n) is 19.9. The van der Waals surface area contributed by atoms with Crippen LogP contribution in [0.15, 0.2) is 18.3 Å². The number of alkyl carbamates (subject to hydrolysis) is 1. The fraction of sp³-hybridized carbons (Fsp3) is 0.591. The van der Waals surface area contributed by atoms with Crippen molar-refractivity contribution in [3.05, 3.63) is 29.7 Å². The Hall–Kier alpha value is -2.26. The number of ether oxygens (including phenoxy) is 2. The van der Waals surface area contributed by atoms with Crippen LogP contribution in [-0.4, -0.2) is 43.7 Å². The number of fused-ring (bicyclic) bond motifs is 1. The molecule has 2 rings (SSSR count). The molecule has 0 saturated heterocycles. The molecule has 2 aromatic rings. The van der Waals surface area contributed by atoms with E-state index in [0.29, 0.717) is 11.0 Å². The van der Waals surface area contributed by atoms with Gasteiger partial charge in [-0.25, -0.2) is 19.2 Å². The van der Waals surface area contributed by atoms with Crippen LogP contribution in [0.3, 0.4) is 0 Å². The van der Waals surface area contributed by atoms with Crippen molar-refractivity contribution in [2.45, 2.75) is 71.3 Å². The van der Waals surface area contributed by atoms with Crippen LogP contribution in [0.2, 0.25) is 18.1 Å². The van der Waals surface area contributed by atoms with Crippen molar-refractivity contribution >= 4 is 25.4 Å². The first-order valence-corrected chi connectivity index (χ1v) is 13.2. The van der Waals surface area contributed by atoms with Gasteiger partial charge in [0.2, 0.25) is 5.88 Å². The molecule has 1 aromatic heterocycles. The van der Waals surface area contributed by atoms with Crippen LogP contribution in [0.1, 0.15) is 53.1 Å². The van der Waals surface area contributed by atoms with Gasteiger partial charge in [-0.3, -0.25) is 0 Å². The molecule has 0 spiro atoms. The molecule has 31 heavy (non-hydrogen) atoms. The molecule has 172 valence electrons. The van der Waals surface area contributed by atoms with Gasteiger partial charge >= 0.3 is 6.09 Å². The summed E-state index contributed by atoms with van der Waals surface area (Å²) in [7, 11) is -0.712. The highest BCUT2D eigenvalue weighted by Gasteiger charge is 2.38. The molecule has 0 radical (unpaired) electrons. The lowest BCUT2D eigenvalue weighted by atomic mass is 10.0. The second-order valence-corrected chi connectivity index (χ2v) is 14.8. The van der Waals surface area contributed by atoms with Gasteiger partial charge < -0.3 is 19.2 Å². The van der Waals surface area contributed by atoms with E-state index in [4.69, 9.17) is 13.9 Å². The highest BCUT2D eigenvalue weighted by atomic mass is 28.4. The molecule has 1 heterocycles. The Balaban J connectivity index is 2.51. The van der Waals surface area contributed by atoms with Crippen LogP contribution >= 0.6 is 0 Å². The predicted octanol–water partition coefficient (Wildman–Crippen LogP) is 5.37. The van der Waals surface area contributed by atoms with E-state index in [2.05, 4.69) is 49.1 Å². The lowest BCUT2D eigenvalue weighted by Crippen LogP contribution is -2.44. The zero-order chi connectivity index (χ0) is 23.6. The molecule has 0 aliphatic heterocycles. The van der Waals surface area contributed by atoms with Crippen LogP contribution in [0.4, 0.5) is 9.18 Å². The summed E-state index contributed by atoms with van der Waals surface area (Å²) in [5, 5.41) is 2.72. The molecule has 0 aliphatic carbocycles. The minimum Gasteiger partial charge on any atom is -0.480 e. The molecular weight excluding hydrogens is 417 g/mol. The minimum absolute atomic E-state index is 0.0518. The molecule has 1 N–H and O–H groups in total. The molecule has 0 aliphatic rings. The summed E-state index contributed by atoms with van der Waals surface area (Å²) < 4.78 is 32.0. The summed E-state index contributed by atoms with van der Waals surface area (Å²) in [6.45, 7) is 15.9. The monoisotopic (exact) mass is 451 g/mol. The Morgan fingerprint density at radius 3 is 2.39 bits per heavy atom. The number of hydrogen-bond donors (Lipinski definition) is 1. The van der Waals surface area contributed by atoms with Crippen LogP contribution in [0.25, 0.3) is 11.0 Å². The van der Waals surface area contributed by atoms with Crippen molar-refractivity contribution in [1.29, 1.82) is 0 Å². The zero-order valence-corrected chi connectivity index (χ0v) is 20.9. The first-order chi connectivity index (χ1) is 14.1. The number of benzene rings is 1. The van der Waals surface area contributed by atoms with E-state index in [1.54, 1.807) is 26.8 Å². The lowest BCUT2D eigenvalue weighted by Gasteiger charge is -2.37. The Labute approximate surface area is 184 Å². The summed E-state index contributed by atoms with van der Waals surface area (Å²) in [6.07, 6.45) is 0.801. The Morgan fingerprint density at radius 1 is 1.19 bits per heavy atom. The number of rotatable bonds is 6. The van der Waals surface area contributed by atoms with Crippen molar-refractivity contribution in [1.82, 2.24) is 15.3 Å². The molecule has 1 atom stereocenters. The fourth-order valence-corrected chi connectivity index (χ4v) is 3.66. The Bertz CT molecular complexity index is 939. The number of hydrogen-bond acceptors (Lipinski definition) is 6. The van der Waals surface area contributed by atoms with Gasteiger partial charge in [0, 0.05) is 5.56 Å². The van der Waals surface area contributed by atoms with Gasteiger partial charge in [0.15, 0.2) is 8.32 Å². The number of nitrogens with zero attached hydrogens (tertiary/aromatic N) is 2. The van der Waals surface area contributed by atoms with Crippen LogP contribution in [0.5, 0.6) is 5.88 Å². The van der Waals surface area contributed by atoms with Gasteiger partial charge in [-0.2, -0.15) is 0 Å². The number of methoxy groups -OCH3 is 1. The van der Waals surface area contributed by atoms with Crippen molar-refractivity contribution in [3.63, 3.8) is 0 Å². The second kappa shape index (κ2) is 9.08.